The van der Waals surface area contributed by atoms with Gasteiger partial charge in [-0.05, 0) is 75.0 Å². The van der Waals surface area contributed by atoms with E-state index < -0.39 is 0 Å². The summed E-state index contributed by atoms with van der Waals surface area (Å²) in [6.07, 6.45) is 9.27. The van der Waals surface area contributed by atoms with Crippen LogP contribution in [0.5, 0.6) is 0 Å². The maximum absolute atomic E-state index is 11.6. The number of esters is 2. The molecule has 1 aliphatic heterocycles. The zero-order valence-electron chi connectivity index (χ0n) is 17.4. The van der Waals surface area contributed by atoms with Gasteiger partial charge in [0.1, 0.15) is 12.2 Å². The van der Waals surface area contributed by atoms with Crippen LogP contribution in [0.15, 0.2) is 0 Å². The first kappa shape index (κ1) is 18.9. The average molecular weight is 391 g/mol. The van der Waals surface area contributed by atoms with E-state index in [1.807, 2.05) is 0 Å². The normalized spacial score (nSPS) is 51.6. The number of hydrogen-bond acceptors (Lipinski definition) is 5. The van der Waals surface area contributed by atoms with E-state index in [9.17, 15) is 9.59 Å². The molecule has 9 atom stereocenters. The lowest BCUT2D eigenvalue weighted by molar-refractivity contribution is -0.165. The van der Waals surface area contributed by atoms with Crippen molar-refractivity contribution < 1.29 is 23.8 Å². The van der Waals surface area contributed by atoms with Crippen molar-refractivity contribution >= 4 is 11.9 Å². The summed E-state index contributed by atoms with van der Waals surface area (Å²) in [4.78, 5) is 23.1. The molecular weight excluding hydrogens is 356 g/mol. The summed E-state index contributed by atoms with van der Waals surface area (Å²) in [6, 6.07) is 0. The van der Waals surface area contributed by atoms with E-state index in [0.717, 1.165) is 45.1 Å². The quantitative estimate of drug-likeness (QED) is 0.670. The van der Waals surface area contributed by atoms with Crippen LogP contribution in [0.2, 0.25) is 0 Å². The maximum Gasteiger partial charge on any atom is 0.302 e. The van der Waals surface area contributed by atoms with E-state index in [1.165, 1.54) is 19.8 Å². The lowest BCUT2D eigenvalue weighted by Gasteiger charge is -2.59. The summed E-state index contributed by atoms with van der Waals surface area (Å²) in [7, 11) is 0. The molecule has 0 aromatic carbocycles. The van der Waals surface area contributed by atoms with Gasteiger partial charge in [0.05, 0.1) is 12.7 Å². The van der Waals surface area contributed by atoms with E-state index in [-0.39, 0.29) is 35.0 Å². The van der Waals surface area contributed by atoms with Crippen molar-refractivity contribution in [3.63, 3.8) is 0 Å². The van der Waals surface area contributed by atoms with Crippen LogP contribution in [0.4, 0.5) is 0 Å². The van der Waals surface area contributed by atoms with Crippen molar-refractivity contribution in [3.05, 3.63) is 0 Å². The van der Waals surface area contributed by atoms with Crippen LogP contribution in [0.1, 0.15) is 72.1 Å². The van der Waals surface area contributed by atoms with Gasteiger partial charge in [0.2, 0.25) is 0 Å². The van der Waals surface area contributed by atoms with Crippen molar-refractivity contribution in [2.45, 2.75) is 90.4 Å². The molecule has 0 aromatic heterocycles. The van der Waals surface area contributed by atoms with Crippen LogP contribution in [0, 0.1) is 34.5 Å². The third-order valence-corrected chi connectivity index (χ3v) is 9.44. The summed E-state index contributed by atoms with van der Waals surface area (Å²) in [6.45, 7) is 6.34. The van der Waals surface area contributed by atoms with Gasteiger partial charge in [0.25, 0.3) is 0 Å². The zero-order chi connectivity index (χ0) is 19.7. The molecule has 28 heavy (non-hydrogen) atoms. The van der Waals surface area contributed by atoms with Gasteiger partial charge in [-0.1, -0.05) is 6.92 Å². The second-order valence-corrected chi connectivity index (χ2v) is 10.5. The molecule has 156 valence electrons. The zero-order valence-corrected chi connectivity index (χ0v) is 17.4. The first-order valence-electron chi connectivity index (χ1n) is 11.3. The number of rotatable bonds is 2. The number of ether oxygens (including phenoxy) is 3. The molecular formula is C23H34O5. The Bertz CT molecular complexity index is 676. The van der Waals surface area contributed by atoms with Crippen molar-refractivity contribution in [1.82, 2.24) is 0 Å². The minimum Gasteiger partial charge on any atom is -0.463 e. The van der Waals surface area contributed by atoms with Gasteiger partial charge >= 0.3 is 11.9 Å². The molecule has 4 saturated carbocycles. The predicted molar refractivity (Wildman–Crippen MR) is 102 cm³/mol. The van der Waals surface area contributed by atoms with Crippen LogP contribution >= 0.6 is 0 Å². The highest BCUT2D eigenvalue weighted by molar-refractivity contribution is 5.66. The van der Waals surface area contributed by atoms with Gasteiger partial charge in [-0.15, -0.1) is 0 Å². The Labute approximate surface area is 167 Å². The highest BCUT2D eigenvalue weighted by atomic mass is 16.5. The second kappa shape index (κ2) is 6.45. The Kier molecular flexibility index (Phi) is 4.35. The Balaban J connectivity index is 1.39. The highest BCUT2D eigenvalue weighted by Gasteiger charge is 2.67. The Hall–Kier alpha value is -1.10. The summed E-state index contributed by atoms with van der Waals surface area (Å²) in [5, 5.41) is 0. The molecule has 0 amide bonds. The topological polar surface area (TPSA) is 61.8 Å². The number of carbonyl (C=O) groups is 2. The van der Waals surface area contributed by atoms with E-state index in [0.29, 0.717) is 29.8 Å². The molecule has 0 spiro atoms. The predicted octanol–water partition coefficient (Wildman–Crippen LogP) is 3.88. The monoisotopic (exact) mass is 390 g/mol. The van der Waals surface area contributed by atoms with Gasteiger partial charge in [-0.2, -0.15) is 0 Å². The molecule has 0 aromatic rings. The minimum absolute atomic E-state index is 0.0741. The first-order valence-corrected chi connectivity index (χ1v) is 11.3. The largest absolute Gasteiger partial charge is 0.463 e. The molecule has 2 bridgehead atoms. The van der Waals surface area contributed by atoms with Crippen molar-refractivity contribution in [1.29, 1.82) is 0 Å². The van der Waals surface area contributed by atoms with Gasteiger partial charge in [0.15, 0.2) is 0 Å². The summed E-state index contributed by atoms with van der Waals surface area (Å²) in [5.41, 5.74) is 0.412. The molecule has 1 heterocycles. The lowest BCUT2D eigenvalue weighted by atomic mass is 9.45. The maximum atomic E-state index is 11.6. The highest BCUT2D eigenvalue weighted by Crippen LogP contribution is 2.69. The number of carbonyl (C=O) groups excluding carboxylic acids is 2. The van der Waals surface area contributed by atoms with Crippen LogP contribution in [-0.2, 0) is 23.8 Å². The molecule has 5 aliphatic rings. The first-order chi connectivity index (χ1) is 13.3. The number of fused-ring (bicyclic) bond motifs is 3. The Morgan fingerprint density at radius 2 is 1.68 bits per heavy atom. The molecule has 0 N–H and O–H groups in total. The van der Waals surface area contributed by atoms with E-state index in [1.54, 1.807) is 6.92 Å². The van der Waals surface area contributed by atoms with Crippen LogP contribution in [0.25, 0.3) is 0 Å². The molecule has 0 radical (unpaired) electrons. The SMILES string of the molecule is CC(=O)O[C@H]1CC[C@]23CO[C@H](C[C@H]4[C@@H]5CC[C@H](OC(C)=O)[C@@]5(C)CC[C@@H]42)[C@H]3C1. The Morgan fingerprint density at radius 1 is 0.893 bits per heavy atom. The molecule has 5 fully saturated rings. The third-order valence-electron chi connectivity index (χ3n) is 9.44. The van der Waals surface area contributed by atoms with Gasteiger partial charge in [-0.3, -0.25) is 9.59 Å². The van der Waals surface area contributed by atoms with Crippen LogP contribution < -0.4 is 0 Å². The standard InChI is InChI=1S/C23H34O5/c1-13(24)27-15-6-9-23-12-26-20(19(23)10-15)11-16-17-4-5-21(28-14(2)25)22(17,3)8-7-18(16)23/h15-21H,4-12H2,1-3H3/t15-,16-,17-,18-,19+,20+,21-,22-,23-/m0/s1. The third kappa shape index (κ3) is 2.60. The van der Waals surface area contributed by atoms with Crippen LogP contribution in [-0.4, -0.2) is 36.9 Å². The molecule has 0 unspecified atom stereocenters. The fourth-order valence-corrected chi connectivity index (χ4v) is 8.42. The fraction of sp³-hybridized carbons (Fsp3) is 0.913. The molecule has 5 nitrogen and oxygen atoms in total. The molecule has 5 heteroatoms. The van der Waals surface area contributed by atoms with Crippen molar-refractivity contribution in [2.75, 3.05) is 6.61 Å². The summed E-state index contributed by atoms with van der Waals surface area (Å²) >= 11 is 0. The molecule has 1 saturated heterocycles. The average Bonchev–Trinajstić information content (AvgIpc) is 3.09. The van der Waals surface area contributed by atoms with Crippen molar-refractivity contribution in [3.8, 4) is 0 Å². The van der Waals surface area contributed by atoms with E-state index in [2.05, 4.69) is 6.92 Å². The van der Waals surface area contributed by atoms with Gasteiger partial charge in [0, 0.05) is 24.7 Å². The summed E-state index contributed by atoms with van der Waals surface area (Å²) in [5.74, 6) is 2.30. The minimum atomic E-state index is -0.154. The van der Waals surface area contributed by atoms with Gasteiger partial charge < -0.3 is 14.2 Å². The van der Waals surface area contributed by atoms with Crippen LogP contribution in [0.3, 0.4) is 0 Å². The van der Waals surface area contributed by atoms with Crippen molar-refractivity contribution in [2.24, 2.45) is 34.5 Å². The lowest BCUT2D eigenvalue weighted by Crippen LogP contribution is -2.57. The van der Waals surface area contributed by atoms with Gasteiger partial charge in [-0.25, -0.2) is 0 Å². The summed E-state index contributed by atoms with van der Waals surface area (Å²) < 4.78 is 17.8. The fourth-order valence-electron chi connectivity index (χ4n) is 8.42. The second-order valence-electron chi connectivity index (χ2n) is 10.5. The number of hydrogen-bond donors (Lipinski definition) is 0. The van der Waals surface area contributed by atoms with E-state index in [4.69, 9.17) is 14.2 Å². The molecule has 5 rings (SSSR count). The molecule has 4 aliphatic carbocycles. The van der Waals surface area contributed by atoms with E-state index >= 15 is 0 Å². The smallest absolute Gasteiger partial charge is 0.302 e. The Morgan fingerprint density at radius 3 is 2.43 bits per heavy atom.